The normalized spacial score (nSPS) is 15.7. The van der Waals surface area contributed by atoms with Crippen molar-refractivity contribution in [3.63, 3.8) is 0 Å². The van der Waals surface area contributed by atoms with Gasteiger partial charge in [0.1, 0.15) is 5.82 Å². The maximum absolute atomic E-state index is 13.2. The molecule has 0 radical (unpaired) electrons. The third-order valence-electron chi connectivity index (χ3n) is 6.80. The molecule has 5 rings (SSSR count). The molecule has 2 aromatic carbocycles. The van der Waals surface area contributed by atoms with Crippen LogP contribution in [0.1, 0.15) is 27.2 Å². The highest BCUT2D eigenvalue weighted by molar-refractivity contribution is 6.33. The van der Waals surface area contributed by atoms with Crippen LogP contribution >= 0.6 is 11.6 Å². The number of aromatic nitrogens is 2. The second-order valence-corrected chi connectivity index (χ2v) is 9.84. The number of aryl methyl sites for hydroxylation is 1. The van der Waals surface area contributed by atoms with E-state index in [-0.39, 0.29) is 5.91 Å². The molecule has 0 unspecified atom stereocenters. The van der Waals surface area contributed by atoms with Gasteiger partial charge in [0.25, 0.3) is 5.91 Å². The fourth-order valence-corrected chi connectivity index (χ4v) is 5.01. The minimum atomic E-state index is -0.0535. The van der Waals surface area contributed by atoms with Crippen molar-refractivity contribution in [2.24, 2.45) is 0 Å². The lowest BCUT2D eigenvalue weighted by atomic mass is 10.0. The summed E-state index contributed by atoms with van der Waals surface area (Å²) in [5.74, 6) is 1.60. The van der Waals surface area contributed by atoms with E-state index in [4.69, 9.17) is 21.6 Å². The van der Waals surface area contributed by atoms with Gasteiger partial charge in [0.05, 0.1) is 22.8 Å². The number of piperazine rings is 1. The first kappa shape index (κ1) is 23.4. The molecule has 182 valence electrons. The summed E-state index contributed by atoms with van der Waals surface area (Å²) in [4.78, 5) is 31.7. The molecule has 8 heteroatoms. The van der Waals surface area contributed by atoms with Crippen molar-refractivity contribution in [2.75, 3.05) is 61.5 Å². The Kier molecular flexibility index (Phi) is 6.52. The molecule has 0 spiro atoms. The number of carbonyl (C=O) groups excluding carboxylic acids is 1. The van der Waals surface area contributed by atoms with Crippen molar-refractivity contribution >= 4 is 35.0 Å². The second kappa shape index (κ2) is 9.74. The first-order valence-corrected chi connectivity index (χ1v) is 12.5. The van der Waals surface area contributed by atoms with Gasteiger partial charge in [-0.3, -0.25) is 4.79 Å². The van der Waals surface area contributed by atoms with E-state index < -0.39 is 0 Å². The summed E-state index contributed by atoms with van der Waals surface area (Å²) in [5.41, 5.74) is 5.12. The molecule has 3 aromatic rings. The van der Waals surface area contributed by atoms with Gasteiger partial charge in [-0.25, -0.2) is 4.98 Å². The van der Waals surface area contributed by atoms with Gasteiger partial charge in [0.15, 0.2) is 0 Å². The monoisotopic (exact) mass is 490 g/mol. The van der Waals surface area contributed by atoms with Gasteiger partial charge in [-0.2, -0.15) is 4.98 Å². The lowest BCUT2D eigenvalue weighted by Gasteiger charge is -2.37. The molecule has 1 saturated heterocycles. The predicted octanol–water partition coefficient (Wildman–Crippen LogP) is 4.03. The lowest BCUT2D eigenvalue weighted by molar-refractivity contribution is 0.0734. The SMILES string of the molecule is Cc1ccc(N2CCN(c3nc4c(c(N(C)C)n3)CN(C(=O)c3ccccc3Cl)CC4)CC2)cc1. The smallest absolute Gasteiger partial charge is 0.255 e. The molecule has 1 aromatic heterocycles. The Morgan fingerprint density at radius 2 is 1.60 bits per heavy atom. The predicted molar refractivity (Wildman–Crippen MR) is 142 cm³/mol. The average Bonchev–Trinajstić information content (AvgIpc) is 2.88. The fourth-order valence-electron chi connectivity index (χ4n) is 4.79. The van der Waals surface area contributed by atoms with Crippen LogP contribution in [-0.4, -0.2) is 67.6 Å². The first-order chi connectivity index (χ1) is 16.9. The van der Waals surface area contributed by atoms with Crippen LogP contribution in [0.3, 0.4) is 0 Å². The molecule has 0 aliphatic carbocycles. The summed E-state index contributed by atoms with van der Waals surface area (Å²) in [6.07, 6.45) is 0.700. The van der Waals surface area contributed by atoms with Gasteiger partial charge in [-0.15, -0.1) is 0 Å². The zero-order chi connectivity index (χ0) is 24.5. The van der Waals surface area contributed by atoms with Crippen LogP contribution in [0.15, 0.2) is 48.5 Å². The Balaban J connectivity index is 1.34. The highest BCUT2D eigenvalue weighted by atomic mass is 35.5. The van der Waals surface area contributed by atoms with E-state index >= 15 is 0 Å². The molecule has 3 heterocycles. The van der Waals surface area contributed by atoms with Crippen molar-refractivity contribution in [1.82, 2.24) is 14.9 Å². The number of fused-ring (bicyclic) bond motifs is 1. The lowest BCUT2D eigenvalue weighted by Crippen LogP contribution is -2.47. The average molecular weight is 491 g/mol. The van der Waals surface area contributed by atoms with Gasteiger partial charge in [0, 0.05) is 64.5 Å². The number of rotatable bonds is 4. The van der Waals surface area contributed by atoms with Gasteiger partial charge >= 0.3 is 0 Å². The molecule has 2 aliphatic heterocycles. The van der Waals surface area contributed by atoms with Gasteiger partial charge in [-0.05, 0) is 31.2 Å². The van der Waals surface area contributed by atoms with E-state index in [1.165, 1.54) is 11.3 Å². The van der Waals surface area contributed by atoms with Crippen molar-refractivity contribution < 1.29 is 4.79 Å². The third-order valence-corrected chi connectivity index (χ3v) is 7.13. The van der Waals surface area contributed by atoms with E-state index in [1.54, 1.807) is 12.1 Å². The Hall–Kier alpha value is -3.32. The standard InChI is InChI=1S/C27H31ClN6O/c1-19-8-10-20(11-9-19)32-14-16-33(17-15-32)27-29-24-12-13-34(18-22(24)25(30-27)31(2)3)26(35)21-6-4-5-7-23(21)28/h4-11H,12-18H2,1-3H3. The highest BCUT2D eigenvalue weighted by Gasteiger charge is 2.29. The first-order valence-electron chi connectivity index (χ1n) is 12.1. The van der Waals surface area contributed by atoms with Crippen LogP contribution in [0.2, 0.25) is 5.02 Å². The Morgan fingerprint density at radius 3 is 2.29 bits per heavy atom. The minimum Gasteiger partial charge on any atom is -0.368 e. The minimum absolute atomic E-state index is 0.0535. The van der Waals surface area contributed by atoms with E-state index in [0.717, 1.165) is 49.2 Å². The van der Waals surface area contributed by atoms with Gasteiger partial charge in [-0.1, -0.05) is 41.4 Å². The van der Waals surface area contributed by atoms with E-state index in [9.17, 15) is 4.79 Å². The van der Waals surface area contributed by atoms with Crippen molar-refractivity contribution in [2.45, 2.75) is 19.9 Å². The largest absolute Gasteiger partial charge is 0.368 e. The maximum Gasteiger partial charge on any atom is 0.255 e. The summed E-state index contributed by atoms with van der Waals surface area (Å²) in [6, 6.07) is 15.9. The van der Waals surface area contributed by atoms with Crippen LogP contribution in [0, 0.1) is 6.92 Å². The Bertz CT molecular complexity index is 1220. The molecule has 35 heavy (non-hydrogen) atoms. The topological polar surface area (TPSA) is 55.8 Å². The molecule has 0 atom stereocenters. The summed E-state index contributed by atoms with van der Waals surface area (Å²) in [5, 5.41) is 0.479. The summed E-state index contributed by atoms with van der Waals surface area (Å²) in [6.45, 7) is 6.81. The Morgan fingerprint density at radius 1 is 0.914 bits per heavy atom. The zero-order valence-corrected chi connectivity index (χ0v) is 21.3. The number of amides is 1. The molecule has 0 bridgehead atoms. The number of halogens is 1. The van der Waals surface area contributed by atoms with Gasteiger partial charge in [0.2, 0.25) is 5.95 Å². The van der Waals surface area contributed by atoms with Crippen molar-refractivity contribution in [1.29, 1.82) is 0 Å². The van der Waals surface area contributed by atoms with Crippen LogP contribution in [-0.2, 0) is 13.0 Å². The second-order valence-electron chi connectivity index (χ2n) is 9.43. The Labute approximate surface area is 211 Å². The third kappa shape index (κ3) is 4.78. The number of anilines is 3. The van der Waals surface area contributed by atoms with Crippen LogP contribution < -0.4 is 14.7 Å². The number of nitrogens with zero attached hydrogens (tertiary/aromatic N) is 6. The highest BCUT2D eigenvalue weighted by Crippen LogP contribution is 2.30. The number of hydrogen-bond acceptors (Lipinski definition) is 6. The molecule has 1 fully saturated rings. The number of hydrogen-bond donors (Lipinski definition) is 0. The summed E-state index contributed by atoms with van der Waals surface area (Å²) in [7, 11) is 3.99. The molecule has 0 saturated carbocycles. The van der Waals surface area contributed by atoms with Crippen molar-refractivity contribution in [3.8, 4) is 0 Å². The quantitative estimate of drug-likeness (QED) is 0.550. The van der Waals surface area contributed by atoms with Crippen molar-refractivity contribution in [3.05, 3.63) is 75.9 Å². The summed E-state index contributed by atoms with van der Waals surface area (Å²) < 4.78 is 0. The molecule has 0 N–H and O–H groups in total. The molecular weight excluding hydrogens is 460 g/mol. The zero-order valence-electron chi connectivity index (χ0n) is 20.5. The van der Waals surface area contributed by atoms with E-state index in [2.05, 4.69) is 41.0 Å². The van der Waals surface area contributed by atoms with E-state index in [0.29, 0.717) is 30.1 Å². The molecule has 2 aliphatic rings. The van der Waals surface area contributed by atoms with E-state index in [1.807, 2.05) is 36.0 Å². The molecule has 7 nitrogen and oxygen atoms in total. The van der Waals surface area contributed by atoms with Crippen LogP contribution in [0.25, 0.3) is 0 Å². The number of carbonyl (C=O) groups is 1. The summed E-state index contributed by atoms with van der Waals surface area (Å²) >= 11 is 6.29. The number of benzene rings is 2. The molecule has 1 amide bonds. The van der Waals surface area contributed by atoms with Gasteiger partial charge < -0.3 is 19.6 Å². The van der Waals surface area contributed by atoms with Crippen LogP contribution in [0.5, 0.6) is 0 Å². The molecular formula is C27H31ClN6O. The van der Waals surface area contributed by atoms with Crippen LogP contribution in [0.4, 0.5) is 17.5 Å². The maximum atomic E-state index is 13.2. The fraction of sp³-hybridized carbons (Fsp3) is 0.370.